The Morgan fingerprint density at radius 2 is 1.48 bits per heavy atom. The zero-order valence-electron chi connectivity index (χ0n) is 16.1. The van der Waals surface area contributed by atoms with Crippen LogP contribution in [0.25, 0.3) is 0 Å². The number of ether oxygens (including phenoxy) is 2. The number of hydrogen-bond donors (Lipinski definition) is 1. The first-order chi connectivity index (χ1) is 12.8. The Kier molecular flexibility index (Phi) is 7.41. The summed E-state index contributed by atoms with van der Waals surface area (Å²) in [7, 11) is 0. The average molecular weight is 369 g/mol. The Bertz CT molecular complexity index is 723. The molecule has 0 aliphatic heterocycles. The van der Waals surface area contributed by atoms with Gasteiger partial charge in [-0.3, -0.25) is 4.79 Å². The topological polar surface area (TPSA) is 64.6 Å². The lowest BCUT2D eigenvalue weighted by molar-refractivity contribution is -0.145. The van der Waals surface area contributed by atoms with Gasteiger partial charge in [0.05, 0.1) is 6.42 Å². The second-order valence-electron chi connectivity index (χ2n) is 7.38. The van der Waals surface area contributed by atoms with Crippen molar-refractivity contribution < 1.29 is 19.1 Å². The van der Waals surface area contributed by atoms with Crippen molar-refractivity contribution in [2.24, 2.45) is 0 Å². The molecule has 1 amide bonds. The molecule has 2 aromatic rings. The van der Waals surface area contributed by atoms with Crippen molar-refractivity contribution in [1.82, 2.24) is 5.32 Å². The highest BCUT2D eigenvalue weighted by Gasteiger charge is 2.22. The number of rotatable bonds is 7. The van der Waals surface area contributed by atoms with Gasteiger partial charge in [-0.1, -0.05) is 60.7 Å². The van der Waals surface area contributed by atoms with Gasteiger partial charge in [0.1, 0.15) is 12.2 Å². The lowest BCUT2D eigenvalue weighted by atomic mass is 10.0. The quantitative estimate of drug-likeness (QED) is 0.741. The second-order valence-corrected chi connectivity index (χ2v) is 7.38. The molecule has 0 fully saturated rings. The number of carbonyl (C=O) groups excluding carboxylic acids is 2. The van der Waals surface area contributed by atoms with Crippen molar-refractivity contribution in [3.63, 3.8) is 0 Å². The van der Waals surface area contributed by atoms with Crippen LogP contribution < -0.4 is 5.32 Å². The molecule has 1 N–H and O–H groups in total. The summed E-state index contributed by atoms with van der Waals surface area (Å²) in [6, 6.07) is 18.8. The van der Waals surface area contributed by atoms with Crippen LogP contribution in [0.15, 0.2) is 60.7 Å². The lowest BCUT2D eigenvalue weighted by Crippen LogP contribution is -2.41. The maximum Gasteiger partial charge on any atom is 0.407 e. The maximum atomic E-state index is 12.3. The summed E-state index contributed by atoms with van der Waals surface area (Å²) in [5.74, 6) is -0.365. The SMILES string of the molecule is CC(C)(C)OC(=O)NC(CC(=O)OCc1ccccc1)Cc1ccccc1. The number of hydrogen-bond acceptors (Lipinski definition) is 4. The van der Waals surface area contributed by atoms with Gasteiger partial charge in [-0.25, -0.2) is 4.79 Å². The van der Waals surface area contributed by atoms with E-state index in [4.69, 9.17) is 9.47 Å². The molecule has 0 aliphatic carbocycles. The molecule has 0 saturated carbocycles. The van der Waals surface area contributed by atoms with Gasteiger partial charge in [0.2, 0.25) is 0 Å². The fourth-order valence-corrected chi connectivity index (χ4v) is 2.55. The smallest absolute Gasteiger partial charge is 0.407 e. The van der Waals surface area contributed by atoms with Crippen LogP contribution in [0.1, 0.15) is 38.3 Å². The highest BCUT2D eigenvalue weighted by atomic mass is 16.6. The van der Waals surface area contributed by atoms with Crippen LogP contribution in [0.4, 0.5) is 4.79 Å². The van der Waals surface area contributed by atoms with Gasteiger partial charge in [-0.2, -0.15) is 0 Å². The number of alkyl carbamates (subject to hydrolysis) is 1. The van der Waals surface area contributed by atoms with Gasteiger partial charge < -0.3 is 14.8 Å². The predicted octanol–water partition coefficient (Wildman–Crippen LogP) is 4.26. The largest absolute Gasteiger partial charge is 0.461 e. The first kappa shape index (κ1) is 20.5. The summed E-state index contributed by atoms with van der Waals surface area (Å²) in [4.78, 5) is 24.4. The van der Waals surface area contributed by atoms with E-state index in [2.05, 4.69) is 5.32 Å². The van der Waals surface area contributed by atoms with Crippen LogP contribution in [0, 0.1) is 0 Å². The molecule has 0 heterocycles. The van der Waals surface area contributed by atoms with E-state index in [1.165, 1.54) is 0 Å². The second kappa shape index (κ2) is 9.76. The van der Waals surface area contributed by atoms with E-state index >= 15 is 0 Å². The van der Waals surface area contributed by atoms with E-state index < -0.39 is 17.7 Å². The number of nitrogens with one attached hydrogen (secondary N) is 1. The summed E-state index contributed by atoms with van der Waals surface area (Å²) >= 11 is 0. The highest BCUT2D eigenvalue weighted by Crippen LogP contribution is 2.11. The minimum Gasteiger partial charge on any atom is -0.461 e. The molecule has 0 radical (unpaired) electrons. The number of carbonyl (C=O) groups is 2. The number of amides is 1. The van der Waals surface area contributed by atoms with Crippen molar-refractivity contribution in [2.75, 3.05) is 0 Å². The van der Waals surface area contributed by atoms with Crippen molar-refractivity contribution in [3.05, 3.63) is 71.8 Å². The first-order valence-electron chi connectivity index (χ1n) is 9.05. The van der Waals surface area contributed by atoms with E-state index in [0.29, 0.717) is 6.42 Å². The number of esters is 1. The van der Waals surface area contributed by atoms with Crippen LogP contribution in [-0.2, 0) is 27.3 Å². The Hall–Kier alpha value is -2.82. The molecule has 5 heteroatoms. The van der Waals surface area contributed by atoms with Gasteiger partial charge >= 0.3 is 12.1 Å². The molecule has 0 aliphatic rings. The van der Waals surface area contributed by atoms with Gasteiger partial charge in [0.15, 0.2) is 0 Å². The van der Waals surface area contributed by atoms with Crippen LogP contribution >= 0.6 is 0 Å². The molecule has 1 atom stereocenters. The molecule has 0 saturated heterocycles. The van der Waals surface area contributed by atoms with Crippen LogP contribution in [0.5, 0.6) is 0 Å². The summed E-state index contributed by atoms with van der Waals surface area (Å²) in [6.45, 7) is 5.61. The Morgan fingerprint density at radius 3 is 2.04 bits per heavy atom. The summed E-state index contributed by atoms with van der Waals surface area (Å²) in [5, 5.41) is 2.79. The highest BCUT2D eigenvalue weighted by molar-refractivity contribution is 5.73. The maximum absolute atomic E-state index is 12.3. The average Bonchev–Trinajstić information content (AvgIpc) is 2.60. The standard InChI is InChI=1S/C22H27NO4/c1-22(2,3)27-21(25)23-19(14-17-10-6-4-7-11-17)15-20(24)26-16-18-12-8-5-9-13-18/h4-13,19H,14-16H2,1-3H3,(H,23,25). The van der Waals surface area contributed by atoms with E-state index in [-0.39, 0.29) is 19.0 Å². The van der Waals surface area contributed by atoms with Gasteiger partial charge in [0.25, 0.3) is 0 Å². The van der Waals surface area contributed by atoms with Crippen LogP contribution in [-0.4, -0.2) is 23.7 Å². The number of benzene rings is 2. The minimum atomic E-state index is -0.602. The summed E-state index contributed by atoms with van der Waals surface area (Å²) < 4.78 is 10.7. The molecule has 0 aromatic heterocycles. The molecular weight excluding hydrogens is 342 g/mol. The van der Waals surface area contributed by atoms with E-state index in [1.807, 2.05) is 60.7 Å². The zero-order chi connectivity index (χ0) is 19.7. The third kappa shape index (κ3) is 8.40. The first-order valence-corrected chi connectivity index (χ1v) is 9.05. The summed E-state index contributed by atoms with van der Waals surface area (Å²) in [5.41, 5.74) is 1.34. The fraction of sp³-hybridized carbons (Fsp3) is 0.364. The predicted molar refractivity (Wildman–Crippen MR) is 104 cm³/mol. The van der Waals surface area contributed by atoms with Crippen LogP contribution in [0.3, 0.4) is 0 Å². The zero-order valence-corrected chi connectivity index (χ0v) is 16.1. The normalized spacial score (nSPS) is 12.1. The Balaban J connectivity index is 1.95. The van der Waals surface area contributed by atoms with Crippen molar-refractivity contribution >= 4 is 12.1 Å². The van der Waals surface area contributed by atoms with E-state index in [0.717, 1.165) is 11.1 Å². The molecule has 2 aromatic carbocycles. The monoisotopic (exact) mass is 369 g/mol. The third-order valence-corrected chi connectivity index (χ3v) is 3.70. The molecule has 5 nitrogen and oxygen atoms in total. The fourth-order valence-electron chi connectivity index (χ4n) is 2.55. The van der Waals surface area contributed by atoms with Gasteiger partial charge in [0, 0.05) is 6.04 Å². The Morgan fingerprint density at radius 1 is 0.926 bits per heavy atom. The minimum absolute atomic E-state index is 0.0704. The third-order valence-electron chi connectivity index (χ3n) is 3.70. The molecule has 2 rings (SSSR count). The molecular formula is C22H27NO4. The molecule has 0 spiro atoms. The van der Waals surface area contributed by atoms with Crippen molar-refractivity contribution in [1.29, 1.82) is 0 Å². The molecule has 144 valence electrons. The van der Waals surface area contributed by atoms with Gasteiger partial charge in [-0.15, -0.1) is 0 Å². The van der Waals surface area contributed by atoms with Gasteiger partial charge in [-0.05, 0) is 38.3 Å². The van der Waals surface area contributed by atoms with E-state index in [9.17, 15) is 9.59 Å². The molecule has 0 bridgehead atoms. The van der Waals surface area contributed by atoms with E-state index in [1.54, 1.807) is 20.8 Å². The lowest BCUT2D eigenvalue weighted by Gasteiger charge is -2.23. The summed E-state index contributed by atoms with van der Waals surface area (Å²) in [6.07, 6.45) is 0.0425. The molecule has 27 heavy (non-hydrogen) atoms. The van der Waals surface area contributed by atoms with Crippen LogP contribution in [0.2, 0.25) is 0 Å². The Labute approximate surface area is 160 Å². The van der Waals surface area contributed by atoms with Crippen molar-refractivity contribution in [3.8, 4) is 0 Å². The molecule has 1 unspecified atom stereocenters. The van der Waals surface area contributed by atoms with Crippen molar-refractivity contribution in [2.45, 2.75) is 51.9 Å².